The zero-order valence-corrected chi connectivity index (χ0v) is 10.7. The molecular formula is C14H17N3O2. The maximum absolute atomic E-state index is 12.0. The van der Waals surface area contributed by atoms with E-state index in [1.54, 1.807) is 0 Å². The van der Waals surface area contributed by atoms with Gasteiger partial charge in [-0.25, -0.2) is 0 Å². The number of fused-ring (bicyclic) bond motifs is 1. The molecule has 100 valence electrons. The third kappa shape index (κ3) is 2.61. The number of hydrogen-bond donors (Lipinski definition) is 3. The highest BCUT2D eigenvalue weighted by Crippen LogP contribution is 2.26. The van der Waals surface area contributed by atoms with E-state index in [1.165, 1.54) is 0 Å². The van der Waals surface area contributed by atoms with Crippen LogP contribution in [0.2, 0.25) is 0 Å². The molecule has 0 spiro atoms. The van der Waals surface area contributed by atoms with Crippen molar-refractivity contribution in [1.82, 2.24) is 5.32 Å². The molecule has 19 heavy (non-hydrogen) atoms. The summed E-state index contributed by atoms with van der Waals surface area (Å²) in [4.78, 5) is 23.4. The largest absolute Gasteiger partial charge is 0.326 e. The quantitative estimate of drug-likeness (QED) is 0.745. The van der Waals surface area contributed by atoms with Crippen LogP contribution >= 0.6 is 0 Å². The van der Waals surface area contributed by atoms with Crippen molar-refractivity contribution in [1.29, 1.82) is 0 Å². The summed E-state index contributed by atoms with van der Waals surface area (Å²) >= 11 is 0. The monoisotopic (exact) mass is 259 g/mol. The van der Waals surface area contributed by atoms with Crippen LogP contribution in [0.3, 0.4) is 0 Å². The molecule has 5 nitrogen and oxygen atoms in total. The van der Waals surface area contributed by atoms with Crippen LogP contribution in [0.1, 0.15) is 18.4 Å². The van der Waals surface area contributed by atoms with Gasteiger partial charge in [0.1, 0.15) is 0 Å². The molecule has 0 saturated carbocycles. The van der Waals surface area contributed by atoms with Crippen LogP contribution < -0.4 is 16.0 Å². The SMILES string of the molecule is O=C1CCc2ccc(NC(=O)C3CCNC3)cc2N1. The highest BCUT2D eigenvalue weighted by Gasteiger charge is 2.23. The lowest BCUT2D eigenvalue weighted by molar-refractivity contribution is -0.119. The lowest BCUT2D eigenvalue weighted by Gasteiger charge is -2.18. The van der Waals surface area contributed by atoms with Crippen LogP contribution in [-0.4, -0.2) is 24.9 Å². The minimum atomic E-state index is 0.0379. The summed E-state index contributed by atoms with van der Waals surface area (Å²) in [6.07, 6.45) is 2.18. The van der Waals surface area contributed by atoms with E-state index >= 15 is 0 Å². The van der Waals surface area contributed by atoms with Gasteiger partial charge < -0.3 is 16.0 Å². The van der Waals surface area contributed by atoms with Crippen molar-refractivity contribution in [3.8, 4) is 0 Å². The molecule has 0 radical (unpaired) electrons. The number of carbonyl (C=O) groups excluding carboxylic acids is 2. The summed E-state index contributed by atoms with van der Waals surface area (Å²) < 4.78 is 0. The lowest BCUT2D eigenvalue weighted by atomic mass is 10.0. The first kappa shape index (κ1) is 12.2. The second-order valence-electron chi connectivity index (χ2n) is 5.10. The summed E-state index contributed by atoms with van der Waals surface area (Å²) in [7, 11) is 0. The number of nitrogens with one attached hydrogen (secondary N) is 3. The summed E-state index contributed by atoms with van der Waals surface area (Å²) in [6.45, 7) is 1.64. The van der Waals surface area contributed by atoms with Crippen LogP contribution in [0.25, 0.3) is 0 Å². The van der Waals surface area contributed by atoms with Gasteiger partial charge in [0.15, 0.2) is 0 Å². The molecule has 1 saturated heterocycles. The number of anilines is 2. The fourth-order valence-electron chi connectivity index (χ4n) is 2.57. The van der Waals surface area contributed by atoms with Gasteiger partial charge in [-0.2, -0.15) is 0 Å². The fourth-order valence-corrected chi connectivity index (χ4v) is 2.57. The van der Waals surface area contributed by atoms with Crippen LogP contribution in [0.5, 0.6) is 0 Å². The molecule has 1 aromatic rings. The van der Waals surface area contributed by atoms with Gasteiger partial charge in [0.25, 0.3) is 0 Å². The Hall–Kier alpha value is -1.88. The van der Waals surface area contributed by atoms with Gasteiger partial charge in [0.2, 0.25) is 11.8 Å². The summed E-state index contributed by atoms with van der Waals surface area (Å²) in [6, 6.07) is 5.71. The topological polar surface area (TPSA) is 70.2 Å². The summed E-state index contributed by atoms with van der Waals surface area (Å²) in [5, 5.41) is 8.94. The van der Waals surface area contributed by atoms with Crippen molar-refractivity contribution in [2.45, 2.75) is 19.3 Å². The Labute approximate surface area is 111 Å². The Balaban J connectivity index is 1.73. The smallest absolute Gasteiger partial charge is 0.228 e. The van der Waals surface area contributed by atoms with E-state index in [1.807, 2.05) is 18.2 Å². The molecule has 2 amide bonds. The average molecular weight is 259 g/mol. The van der Waals surface area contributed by atoms with Crippen molar-refractivity contribution < 1.29 is 9.59 Å². The van der Waals surface area contributed by atoms with E-state index in [9.17, 15) is 9.59 Å². The fraction of sp³-hybridized carbons (Fsp3) is 0.429. The molecule has 3 rings (SSSR count). The first-order valence-electron chi connectivity index (χ1n) is 6.67. The van der Waals surface area contributed by atoms with Gasteiger partial charge >= 0.3 is 0 Å². The molecule has 5 heteroatoms. The van der Waals surface area contributed by atoms with Crippen molar-refractivity contribution >= 4 is 23.2 Å². The molecule has 2 heterocycles. The number of benzene rings is 1. The lowest BCUT2D eigenvalue weighted by Crippen LogP contribution is -2.25. The average Bonchev–Trinajstić information content (AvgIpc) is 2.92. The number of rotatable bonds is 2. The first-order valence-corrected chi connectivity index (χ1v) is 6.67. The second kappa shape index (κ2) is 5.01. The molecule has 1 unspecified atom stereocenters. The molecule has 1 aromatic carbocycles. The third-order valence-electron chi connectivity index (χ3n) is 3.70. The van der Waals surface area contributed by atoms with Gasteiger partial charge in [0.05, 0.1) is 5.92 Å². The predicted octanol–water partition coefficient (Wildman–Crippen LogP) is 1.12. The molecular weight excluding hydrogens is 242 g/mol. The van der Waals surface area contributed by atoms with Crippen LogP contribution in [-0.2, 0) is 16.0 Å². The second-order valence-corrected chi connectivity index (χ2v) is 5.10. The molecule has 0 aliphatic carbocycles. The molecule has 0 bridgehead atoms. The number of aryl methyl sites for hydroxylation is 1. The van der Waals surface area contributed by atoms with Gasteiger partial charge in [-0.05, 0) is 37.1 Å². The van der Waals surface area contributed by atoms with Gasteiger partial charge in [-0.15, -0.1) is 0 Å². The van der Waals surface area contributed by atoms with E-state index < -0.39 is 0 Å². The predicted molar refractivity (Wildman–Crippen MR) is 73.0 cm³/mol. The van der Waals surface area contributed by atoms with E-state index in [0.29, 0.717) is 6.42 Å². The first-order chi connectivity index (χ1) is 9.22. The van der Waals surface area contributed by atoms with Gasteiger partial charge in [-0.1, -0.05) is 6.07 Å². The zero-order chi connectivity index (χ0) is 13.2. The van der Waals surface area contributed by atoms with Crippen LogP contribution in [0.15, 0.2) is 18.2 Å². The molecule has 2 aliphatic heterocycles. The maximum Gasteiger partial charge on any atom is 0.228 e. The van der Waals surface area contributed by atoms with Crippen LogP contribution in [0, 0.1) is 5.92 Å². The van der Waals surface area contributed by atoms with Crippen molar-refractivity contribution in [2.24, 2.45) is 5.92 Å². The van der Waals surface area contributed by atoms with E-state index in [-0.39, 0.29) is 17.7 Å². The normalized spacial score (nSPS) is 21.7. The highest BCUT2D eigenvalue weighted by atomic mass is 16.2. The Morgan fingerprint density at radius 1 is 1.32 bits per heavy atom. The van der Waals surface area contributed by atoms with E-state index in [4.69, 9.17) is 0 Å². The Morgan fingerprint density at radius 2 is 2.21 bits per heavy atom. The van der Waals surface area contributed by atoms with Crippen molar-refractivity contribution in [2.75, 3.05) is 23.7 Å². The molecule has 0 aromatic heterocycles. The van der Waals surface area contributed by atoms with Crippen molar-refractivity contribution in [3.63, 3.8) is 0 Å². The van der Waals surface area contributed by atoms with Crippen LogP contribution in [0.4, 0.5) is 11.4 Å². The molecule has 1 atom stereocenters. The van der Waals surface area contributed by atoms with E-state index in [0.717, 1.165) is 42.9 Å². The Kier molecular flexibility index (Phi) is 3.21. The zero-order valence-electron chi connectivity index (χ0n) is 10.7. The standard InChI is InChI=1S/C14H17N3O2/c18-13-4-2-9-1-3-11(7-12(9)17-13)16-14(19)10-5-6-15-8-10/h1,3,7,10,15H,2,4-6,8H2,(H,16,19)(H,17,18). The van der Waals surface area contributed by atoms with Gasteiger partial charge in [-0.3, -0.25) is 9.59 Å². The maximum atomic E-state index is 12.0. The summed E-state index contributed by atoms with van der Waals surface area (Å²) in [5.41, 5.74) is 2.69. The minimum absolute atomic E-state index is 0.0379. The highest BCUT2D eigenvalue weighted by molar-refractivity contribution is 5.97. The molecule has 3 N–H and O–H groups in total. The minimum Gasteiger partial charge on any atom is -0.326 e. The van der Waals surface area contributed by atoms with E-state index in [2.05, 4.69) is 16.0 Å². The Morgan fingerprint density at radius 3 is 3.00 bits per heavy atom. The molecule has 1 fully saturated rings. The van der Waals surface area contributed by atoms with Gasteiger partial charge in [0, 0.05) is 24.3 Å². The van der Waals surface area contributed by atoms with Crippen molar-refractivity contribution in [3.05, 3.63) is 23.8 Å². The third-order valence-corrected chi connectivity index (χ3v) is 3.70. The summed E-state index contributed by atoms with van der Waals surface area (Å²) in [5.74, 6) is 0.133. The number of amides is 2. The Bertz CT molecular complexity index is 521. The number of hydrogen-bond acceptors (Lipinski definition) is 3. The molecule has 2 aliphatic rings. The number of carbonyl (C=O) groups is 2.